The van der Waals surface area contributed by atoms with Gasteiger partial charge in [-0.1, -0.05) is 18.2 Å². The molecule has 0 aliphatic rings. The number of hydrazone groups is 1. The standard InChI is InChI=1S/C16H16F3N3/c1-22(2)15-8-6-12(7-9-15)11-20-21-14-5-3-4-13(10-14)16(17,18)19/h3-11,21H,1-2H3/b20-11-. The highest BCUT2D eigenvalue weighted by Gasteiger charge is 2.30. The number of hydrogen-bond donors (Lipinski definition) is 1. The largest absolute Gasteiger partial charge is 0.416 e. The second kappa shape index (κ2) is 6.51. The molecule has 2 aromatic carbocycles. The molecule has 0 aliphatic carbocycles. The third-order valence-corrected chi connectivity index (χ3v) is 3.01. The molecule has 0 heterocycles. The summed E-state index contributed by atoms with van der Waals surface area (Å²) in [5.74, 6) is 0. The third-order valence-electron chi connectivity index (χ3n) is 3.01. The van der Waals surface area contributed by atoms with Crippen molar-refractivity contribution in [2.45, 2.75) is 6.18 Å². The van der Waals surface area contributed by atoms with Crippen molar-refractivity contribution in [3.63, 3.8) is 0 Å². The van der Waals surface area contributed by atoms with E-state index in [9.17, 15) is 13.2 Å². The molecule has 0 aliphatic heterocycles. The zero-order valence-electron chi connectivity index (χ0n) is 12.2. The fraction of sp³-hybridized carbons (Fsp3) is 0.188. The molecule has 6 heteroatoms. The molecule has 0 radical (unpaired) electrons. The summed E-state index contributed by atoms with van der Waals surface area (Å²) in [6.07, 6.45) is -2.80. The van der Waals surface area contributed by atoms with Crippen LogP contribution in [0.3, 0.4) is 0 Å². The first-order chi connectivity index (χ1) is 10.4. The maximum Gasteiger partial charge on any atom is 0.416 e. The van der Waals surface area contributed by atoms with E-state index in [2.05, 4.69) is 10.5 Å². The Labute approximate surface area is 127 Å². The molecule has 0 atom stereocenters. The van der Waals surface area contributed by atoms with Crippen LogP contribution in [-0.2, 0) is 6.18 Å². The van der Waals surface area contributed by atoms with E-state index in [1.54, 1.807) is 6.21 Å². The van der Waals surface area contributed by atoms with Crippen molar-refractivity contribution in [1.29, 1.82) is 0 Å². The lowest BCUT2D eigenvalue weighted by Crippen LogP contribution is -2.08. The van der Waals surface area contributed by atoms with E-state index < -0.39 is 11.7 Å². The van der Waals surface area contributed by atoms with Gasteiger partial charge in [0.25, 0.3) is 0 Å². The average Bonchev–Trinajstić information content (AvgIpc) is 2.47. The Morgan fingerprint density at radius 1 is 1.05 bits per heavy atom. The van der Waals surface area contributed by atoms with Crippen LogP contribution >= 0.6 is 0 Å². The molecule has 1 N–H and O–H groups in total. The topological polar surface area (TPSA) is 27.6 Å². The lowest BCUT2D eigenvalue weighted by atomic mass is 10.2. The van der Waals surface area contributed by atoms with E-state index in [-0.39, 0.29) is 5.69 Å². The van der Waals surface area contributed by atoms with Crippen LogP contribution in [0.2, 0.25) is 0 Å². The Morgan fingerprint density at radius 2 is 1.73 bits per heavy atom. The Morgan fingerprint density at radius 3 is 2.32 bits per heavy atom. The van der Waals surface area contributed by atoms with E-state index in [1.807, 2.05) is 43.3 Å². The maximum atomic E-state index is 12.6. The van der Waals surface area contributed by atoms with Gasteiger partial charge in [-0.2, -0.15) is 18.3 Å². The molecular weight excluding hydrogens is 291 g/mol. The van der Waals surface area contributed by atoms with Crippen molar-refractivity contribution in [2.24, 2.45) is 5.10 Å². The summed E-state index contributed by atoms with van der Waals surface area (Å²) in [5.41, 5.74) is 4.09. The van der Waals surface area contributed by atoms with Crippen molar-refractivity contribution in [3.8, 4) is 0 Å². The van der Waals surface area contributed by atoms with E-state index in [4.69, 9.17) is 0 Å². The molecular formula is C16H16F3N3. The molecule has 116 valence electrons. The Kier molecular flexibility index (Phi) is 4.70. The van der Waals surface area contributed by atoms with Gasteiger partial charge in [0.2, 0.25) is 0 Å². The number of nitrogens with zero attached hydrogens (tertiary/aromatic N) is 2. The van der Waals surface area contributed by atoms with E-state index in [0.29, 0.717) is 0 Å². The molecule has 0 spiro atoms. The van der Waals surface area contributed by atoms with Crippen molar-refractivity contribution in [2.75, 3.05) is 24.4 Å². The van der Waals surface area contributed by atoms with Gasteiger partial charge in [-0.25, -0.2) is 0 Å². The van der Waals surface area contributed by atoms with Gasteiger partial charge in [-0.15, -0.1) is 0 Å². The molecule has 2 rings (SSSR count). The lowest BCUT2D eigenvalue weighted by Gasteiger charge is -2.11. The quantitative estimate of drug-likeness (QED) is 0.676. The molecule has 0 aromatic heterocycles. The number of hydrogen-bond acceptors (Lipinski definition) is 3. The van der Waals surface area contributed by atoms with E-state index >= 15 is 0 Å². The van der Waals surface area contributed by atoms with Gasteiger partial charge in [-0.3, -0.25) is 5.43 Å². The SMILES string of the molecule is CN(C)c1ccc(/C=N\Nc2cccc(C(F)(F)F)c2)cc1. The molecule has 0 fully saturated rings. The minimum Gasteiger partial charge on any atom is -0.378 e. The van der Waals surface area contributed by atoms with Crippen LogP contribution in [0.25, 0.3) is 0 Å². The fourth-order valence-corrected chi connectivity index (χ4v) is 1.80. The summed E-state index contributed by atoms with van der Waals surface area (Å²) in [6, 6.07) is 12.5. The molecule has 22 heavy (non-hydrogen) atoms. The van der Waals surface area contributed by atoms with E-state index in [0.717, 1.165) is 23.4 Å². The summed E-state index contributed by atoms with van der Waals surface area (Å²) >= 11 is 0. The van der Waals surface area contributed by atoms with Crippen molar-refractivity contribution in [1.82, 2.24) is 0 Å². The normalized spacial score (nSPS) is 11.7. The maximum absolute atomic E-state index is 12.6. The zero-order valence-corrected chi connectivity index (χ0v) is 12.2. The molecule has 0 bridgehead atoms. The Bertz CT molecular complexity index is 646. The molecule has 3 nitrogen and oxygen atoms in total. The van der Waals surface area contributed by atoms with Gasteiger partial charge in [0, 0.05) is 19.8 Å². The second-order valence-corrected chi connectivity index (χ2v) is 4.93. The van der Waals surface area contributed by atoms with Gasteiger partial charge in [0.1, 0.15) is 0 Å². The van der Waals surface area contributed by atoms with Crippen molar-refractivity contribution < 1.29 is 13.2 Å². The number of anilines is 2. The first-order valence-electron chi connectivity index (χ1n) is 6.60. The van der Waals surface area contributed by atoms with Crippen LogP contribution in [-0.4, -0.2) is 20.3 Å². The molecule has 0 unspecified atom stereocenters. The molecule has 0 saturated heterocycles. The average molecular weight is 307 g/mol. The minimum absolute atomic E-state index is 0.288. The highest BCUT2D eigenvalue weighted by atomic mass is 19.4. The summed E-state index contributed by atoms with van der Waals surface area (Å²) in [6.45, 7) is 0. The number of benzene rings is 2. The van der Waals surface area contributed by atoms with Crippen LogP contribution in [0.4, 0.5) is 24.5 Å². The fourth-order valence-electron chi connectivity index (χ4n) is 1.80. The zero-order chi connectivity index (χ0) is 16.2. The van der Waals surface area contributed by atoms with Crippen molar-refractivity contribution in [3.05, 3.63) is 59.7 Å². The second-order valence-electron chi connectivity index (χ2n) is 4.93. The van der Waals surface area contributed by atoms with Crippen LogP contribution in [0.1, 0.15) is 11.1 Å². The first-order valence-corrected chi connectivity index (χ1v) is 6.60. The Balaban J connectivity index is 2.03. The smallest absolute Gasteiger partial charge is 0.378 e. The molecule has 2 aromatic rings. The first kappa shape index (κ1) is 15.9. The summed E-state index contributed by atoms with van der Waals surface area (Å²) in [7, 11) is 3.89. The molecule has 0 amide bonds. The predicted molar refractivity (Wildman–Crippen MR) is 83.4 cm³/mol. The number of rotatable bonds is 4. The highest BCUT2D eigenvalue weighted by Crippen LogP contribution is 2.30. The van der Waals surface area contributed by atoms with Crippen LogP contribution in [0.5, 0.6) is 0 Å². The van der Waals surface area contributed by atoms with Gasteiger partial charge in [-0.05, 0) is 35.9 Å². The van der Waals surface area contributed by atoms with Crippen LogP contribution < -0.4 is 10.3 Å². The summed E-state index contributed by atoms with van der Waals surface area (Å²) in [4.78, 5) is 1.97. The predicted octanol–water partition coefficient (Wildman–Crippen LogP) is 4.22. The minimum atomic E-state index is -4.36. The van der Waals surface area contributed by atoms with E-state index in [1.165, 1.54) is 12.1 Å². The monoisotopic (exact) mass is 307 g/mol. The van der Waals surface area contributed by atoms with Gasteiger partial charge in [0.15, 0.2) is 0 Å². The summed E-state index contributed by atoms with van der Waals surface area (Å²) < 4.78 is 37.8. The lowest BCUT2D eigenvalue weighted by molar-refractivity contribution is -0.137. The Hall–Kier alpha value is -2.50. The van der Waals surface area contributed by atoms with Crippen LogP contribution in [0.15, 0.2) is 53.6 Å². The highest BCUT2D eigenvalue weighted by molar-refractivity contribution is 5.81. The number of nitrogens with one attached hydrogen (secondary N) is 1. The number of alkyl halides is 3. The van der Waals surface area contributed by atoms with Gasteiger partial charge >= 0.3 is 6.18 Å². The summed E-state index contributed by atoms with van der Waals surface area (Å²) in [5, 5.41) is 3.95. The number of halogens is 3. The van der Waals surface area contributed by atoms with Gasteiger partial charge in [0.05, 0.1) is 17.5 Å². The third kappa shape index (κ3) is 4.25. The van der Waals surface area contributed by atoms with Gasteiger partial charge < -0.3 is 4.90 Å². The molecule has 0 saturated carbocycles. The van der Waals surface area contributed by atoms with Crippen molar-refractivity contribution >= 4 is 17.6 Å². The van der Waals surface area contributed by atoms with Crippen LogP contribution in [0, 0.1) is 0 Å².